The van der Waals surface area contributed by atoms with Gasteiger partial charge in [-0.15, -0.1) is 0 Å². The lowest BCUT2D eigenvalue weighted by atomic mass is 10.0. The van der Waals surface area contributed by atoms with Crippen LogP contribution in [0.25, 0.3) is 0 Å². The molecule has 1 aromatic heterocycles. The first-order valence-corrected chi connectivity index (χ1v) is 7.03. The van der Waals surface area contributed by atoms with Crippen LogP contribution in [-0.2, 0) is 13.0 Å². The number of hydrogen-bond donors (Lipinski definition) is 1. The molecule has 1 aromatic carbocycles. The van der Waals surface area contributed by atoms with E-state index in [0.717, 1.165) is 23.5 Å². The zero-order valence-corrected chi connectivity index (χ0v) is 12.6. The molecule has 19 heavy (non-hydrogen) atoms. The molecule has 0 radical (unpaired) electrons. The highest BCUT2D eigenvalue weighted by Gasteiger charge is 2.13. The fraction of sp³-hybridized carbons (Fsp3) is 0.357. The van der Waals surface area contributed by atoms with Crippen molar-refractivity contribution in [2.75, 3.05) is 0 Å². The van der Waals surface area contributed by atoms with Gasteiger partial charge < -0.3 is 5.73 Å². The lowest BCUT2D eigenvalue weighted by molar-refractivity contribution is 0.582. The molecule has 0 amide bonds. The monoisotopic (exact) mass is 325 g/mol. The third-order valence-electron chi connectivity index (χ3n) is 3.03. The highest BCUT2D eigenvalue weighted by atomic mass is 79.9. The van der Waals surface area contributed by atoms with E-state index in [-0.39, 0.29) is 11.9 Å². The summed E-state index contributed by atoms with van der Waals surface area (Å²) < 4.78 is 16.0. The number of hydrogen-bond acceptors (Lipinski definition) is 2. The fourth-order valence-electron chi connectivity index (χ4n) is 2.17. The second-order valence-corrected chi connectivity index (χ2v) is 5.52. The Kier molecular flexibility index (Phi) is 4.37. The minimum Gasteiger partial charge on any atom is -0.324 e. The van der Waals surface area contributed by atoms with E-state index >= 15 is 0 Å². The van der Waals surface area contributed by atoms with Crippen LogP contribution < -0.4 is 5.73 Å². The van der Waals surface area contributed by atoms with E-state index in [4.69, 9.17) is 5.73 Å². The smallest absolute Gasteiger partial charge is 0.124 e. The lowest BCUT2D eigenvalue weighted by Gasteiger charge is -2.13. The molecule has 2 rings (SSSR count). The summed E-state index contributed by atoms with van der Waals surface area (Å²) in [6.07, 6.45) is 0.643. The molecule has 1 atom stereocenters. The topological polar surface area (TPSA) is 43.8 Å². The van der Waals surface area contributed by atoms with Crippen LogP contribution >= 0.6 is 15.9 Å². The number of nitrogens with zero attached hydrogens (tertiary/aromatic N) is 2. The summed E-state index contributed by atoms with van der Waals surface area (Å²) in [4.78, 5) is 0. The number of halogens is 2. The van der Waals surface area contributed by atoms with Crippen LogP contribution in [0.2, 0.25) is 0 Å². The van der Waals surface area contributed by atoms with Crippen molar-refractivity contribution < 1.29 is 4.39 Å². The van der Waals surface area contributed by atoms with Gasteiger partial charge in [-0.05, 0) is 43.7 Å². The van der Waals surface area contributed by atoms with E-state index in [1.807, 2.05) is 30.7 Å². The number of aryl methyl sites for hydroxylation is 2. The van der Waals surface area contributed by atoms with E-state index in [1.165, 1.54) is 12.1 Å². The molecule has 0 fully saturated rings. The van der Waals surface area contributed by atoms with Gasteiger partial charge in [0.05, 0.1) is 5.69 Å². The Hall–Kier alpha value is -1.20. The highest BCUT2D eigenvalue weighted by molar-refractivity contribution is 9.10. The quantitative estimate of drug-likeness (QED) is 0.936. The average Bonchev–Trinajstić information content (AvgIpc) is 2.68. The van der Waals surface area contributed by atoms with Gasteiger partial charge in [0, 0.05) is 29.2 Å². The maximum atomic E-state index is 13.4. The van der Waals surface area contributed by atoms with Crippen molar-refractivity contribution in [3.63, 3.8) is 0 Å². The Morgan fingerprint density at radius 2 is 2.11 bits per heavy atom. The zero-order chi connectivity index (χ0) is 14.0. The molecule has 0 aliphatic rings. The molecule has 1 unspecified atom stereocenters. The van der Waals surface area contributed by atoms with Gasteiger partial charge in [0.25, 0.3) is 0 Å². The normalized spacial score (nSPS) is 12.7. The van der Waals surface area contributed by atoms with E-state index in [9.17, 15) is 4.39 Å². The largest absolute Gasteiger partial charge is 0.324 e. The first-order chi connectivity index (χ1) is 8.99. The third kappa shape index (κ3) is 3.42. The Morgan fingerprint density at radius 1 is 1.37 bits per heavy atom. The number of aromatic nitrogens is 2. The number of rotatable bonds is 4. The third-order valence-corrected chi connectivity index (χ3v) is 3.48. The summed E-state index contributed by atoms with van der Waals surface area (Å²) in [6.45, 7) is 4.81. The minimum absolute atomic E-state index is 0.242. The number of benzene rings is 1. The second-order valence-electron chi connectivity index (χ2n) is 4.61. The molecule has 102 valence electrons. The molecule has 0 aliphatic carbocycles. The SMILES string of the molecule is CCn1nc(C)cc1CC(N)c1cc(F)cc(Br)c1. The van der Waals surface area contributed by atoms with Crippen LogP contribution in [0, 0.1) is 12.7 Å². The lowest BCUT2D eigenvalue weighted by Crippen LogP contribution is -2.16. The molecular weight excluding hydrogens is 309 g/mol. The Morgan fingerprint density at radius 3 is 2.74 bits per heavy atom. The molecule has 0 saturated heterocycles. The van der Waals surface area contributed by atoms with Crippen LogP contribution in [0.3, 0.4) is 0 Å². The summed E-state index contributed by atoms with van der Waals surface area (Å²) in [7, 11) is 0. The molecular formula is C14H17BrFN3. The predicted molar refractivity (Wildman–Crippen MR) is 77.4 cm³/mol. The molecule has 1 heterocycles. The summed E-state index contributed by atoms with van der Waals surface area (Å²) in [5, 5.41) is 4.39. The molecule has 5 heteroatoms. The summed E-state index contributed by atoms with van der Waals surface area (Å²) >= 11 is 3.29. The molecule has 0 saturated carbocycles. The maximum Gasteiger partial charge on any atom is 0.124 e. The van der Waals surface area contributed by atoms with Crippen LogP contribution in [0.1, 0.15) is 29.9 Å². The van der Waals surface area contributed by atoms with Crippen LogP contribution in [0.15, 0.2) is 28.7 Å². The minimum atomic E-state index is -0.278. The zero-order valence-electron chi connectivity index (χ0n) is 11.0. The van der Waals surface area contributed by atoms with Crippen LogP contribution in [0.4, 0.5) is 4.39 Å². The van der Waals surface area contributed by atoms with Crippen LogP contribution in [-0.4, -0.2) is 9.78 Å². The van der Waals surface area contributed by atoms with Crippen molar-refractivity contribution >= 4 is 15.9 Å². The Bertz CT molecular complexity index is 560. The summed E-state index contributed by atoms with van der Waals surface area (Å²) in [5.41, 5.74) is 9.01. The van der Waals surface area contributed by atoms with Crippen molar-refractivity contribution in [2.45, 2.75) is 32.9 Å². The van der Waals surface area contributed by atoms with Gasteiger partial charge in [0.15, 0.2) is 0 Å². The fourth-order valence-corrected chi connectivity index (χ4v) is 2.65. The van der Waals surface area contributed by atoms with Gasteiger partial charge in [-0.25, -0.2) is 4.39 Å². The predicted octanol–water partition coefficient (Wildman–Crippen LogP) is 3.36. The Balaban J connectivity index is 2.22. The van der Waals surface area contributed by atoms with Crippen LogP contribution in [0.5, 0.6) is 0 Å². The summed E-state index contributed by atoms with van der Waals surface area (Å²) in [6, 6.07) is 6.55. The van der Waals surface area contributed by atoms with E-state index in [0.29, 0.717) is 10.9 Å². The van der Waals surface area contributed by atoms with Crippen molar-refractivity contribution in [1.82, 2.24) is 9.78 Å². The molecule has 0 bridgehead atoms. The standard InChI is InChI=1S/C14H17BrFN3/c1-3-19-13(4-9(2)18-19)8-14(17)10-5-11(15)7-12(16)6-10/h4-7,14H,3,8,17H2,1-2H3. The van der Waals surface area contributed by atoms with Gasteiger partial charge in [-0.3, -0.25) is 4.68 Å². The van der Waals surface area contributed by atoms with Crippen molar-refractivity contribution in [3.05, 3.63) is 51.5 Å². The van der Waals surface area contributed by atoms with E-state index in [1.54, 1.807) is 0 Å². The van der Waals surface area contributed by atoms with E-state index < -0.39 is 0 Å². The molecule has 2 aromatic rings. The molecule has 2 N–H and O–H groups in total. The van der Waals surface area contributed by atoms with Gasteiger partial charge in [0.2, 0.25) is 0 Å². The molecule has 3 nitrogen and oxygen atoms in total. The highest BCUT2D eigenvalue weighted by Crippen LogP contribution is 2.22. The van der Waals surface area contributed by atoms with E-state index in [2.05, 4.69) is 21.0 Å². The number of nitrogens with two attached hydrogens (primary N) is 1. The maximum absolute atomic E-state index is 13.4. The van der Waals surface area contributed by atoms with Crippen molar-refractivity contribution in [3.8, 4) is 0 Å². The van der Waals surface area contributed by atoms with Gasteiger partial charge in [-0.2, -0.15) is 5.10 Å². The van der Waals surface area contributed by atoms with Gasteiger partial charge in [-0.1, -0.05) is 15.9 Å². The molecule has 0 spiro atoms. The first kappa shape index (κ1) is 14.2. The molecule has 0 aliphatic heterocycles. The van der Waals surface area contributed by atoms with Crippen molar-refractivity contribution in [1.29, 1.82) is 0 Å². The average molecular weight is 326 g/mol. The Labute approximate surface area is 120 Å². The first-order valence-electron chi connectivity index (χ1n) is 6.24. The van der Waals surface area contributed by atoms with Crippen molar-refractivity contribution in [2.24, 2.45) is 5.73 Å². The summed E-state index contributed by atoms with van der Waals surface area (Å²) in [5.74, 6) is -0.278. The van der Waals surface area contributed by atoms with Gasteiger partial charge in [0.1, 0.15) is 5.82 Å². The van der Waals surface area contributed by atoms with Gasteiger partial charge >= 0.3 is 0 Å². The second kappa shape index (κ2) is 5.84.